The Kier molecular flexibility index (Phi) is 4.01. The number of carbonyl (C=O) groups is 1. The molecule has 0 bridgehead atoms. The number of hydrogen-bond acceptors (Lipinski definition) is 3. The molecule has 2 aliphatic rings. The molecular formula is C14H17ClN2OS. The van der Waals surface area contributed by atoms with Crippen LogP contribution in [0.1, 0.15) is 30.9 Å². The van der Waals surface area contributed by atoms with Gasteiger partial charge in [0.25, 0.3) is 0 Å². The van der Waals surface area contributed by atoms with E-state index in [9.17, 15) is 4.79 Å². The summed E-state index contributed by atoms with van der Waals surface area (Å²) in [6, 6.07) is 6.87. The average molecular weight is 297 g/mol. The predicted molar refractivity (Wildman–Crippen MR) is 78.7 cm³/mol. The highest BCUT2D eigenvalue weighted by atomic mass is 35.5. The number of halogens is 1. The van der Waals surface area contributed by atoms with Crippen LogP contribution < -0.4 is 10.6 Å². The van der Waals surface area contributed by atoms with Crippen molar-refractivity contribution in [3.8, 4) is 0 Å². The molecule has 19 heavy (non-hydrogen) atoms. The number of rotatable bonds is 2. The maximum Gasteiger partial charge on any atom is 0.220 e. The lowest BCUT2D eigenvalue weighted by atomic mass is 10.00. The van der Waals surface area contributed by atoms with Crippen molar-refractivity contribution in [1.29, 1.82) is 0 Å². The number of hydrogen-bond donors (Lipinski definition) is 2. The summed E-state index contributed by atoms with van der Waals surface area (Å²) < 4.78 is 0. The van der Waals surface area contributed by atoms with Crippen LogP contribution in [0.3, 0.4) is 0 Å². The van der Waals surface area contributed by atoms with E-state index in [-0.39, 0.29) is 5.91 Å². The fraction of sp³-hybridized carbons (Fsp3) is 0.500. The van der Waals surface area contributed by atoms with Crippen molar-refractivity contribution in [2.24, 2.45) is 0 Å². The smallest absolute Gasteiger partial charge is 0.220 e. The van der Waals surface area contributed by atoms with Crippen LogP contribution >= 0.6 is 23.4 Å². The second-order valence-electron chi connectivity index (χ2n) is 5.08. The van der Waals surface area contributed by atoms with Crippen molar-refractivity contribution < 1.29 is 4.79 Å². The van der Waals surface area contributed by atoms with E-state index in [2.05, 4.69) is 22.8 Å². The van der Waals surface area contributed by atoms with Crippen molar-refractivity contribution >= 4 is 29.3 Å². The van der Waals surface area contributed by atoms with Crippen molar-refractivity contribution in [1.82, 2.24) is 10.6 Å². The van der Waals surface area contributed by atoms with Crippen LogP contribution in [-0.4, -0.2) is 24.2 Å². The van der Waals surface area contributed by atoms with E-state index >= 15 is 0 Å². The summed E-state index contributed by atoms with van der Waals surface area (Å²) >= 11 is 8.00. The van der Waals surface area contributed by atoms with E-state index in [1.54, 1.807) is 0 Å². The third-order valence-corrected chi connectivity index (χ3v) is 5.07. The Bertz CT molecular complexity index is 484. The fourth-order valence-electron chi connectivity index (χ4n) is 2.70. The van der Waals surface area contributed by atoms with Crippen LogP contribution in [0.5, 0.6) is 0 Å². The van der Waals surface area contributed by atoms with Crippen LogP contribution in [0, 0.1) is 0 Å². The maximum absolute atomic E-state index is 11.2. The van der Waals surface area contributed by atoms with Crippen molar-refractivity contribution in [3.05, 3.63) is 28.8 Å². The molecule has 0 spiro atoms. The molecule has 2 atom stereocenters. The highest BCUT2D eigenvalue weighted by Gasteiger charge is 2.25. The molecule has 1 aromatic carbocycles. The Hall–Kier alpha value is -0.710. The first-order chi connectivity index (χ1) is 9.22. The minimum Gasteiger partial charge on any atom is -0.355 e. The highest BCUT2D eigenvalue weighted by molar-refractivity contribution is 7.99. The minimum absolute atomic E-state index is 0.167. The highest BCUT2D eigenvalue weighted by Crippen LogP contribution is 2.37. The lowest BCUT2D eigenvalue weighted by Gasteiger charge is -2.32. The van der Waals surface area contributed by atoms with Gasteiger partial charge in [0.15, 0.2) is 0 Å². The Morgan fingerprint density at radius 3 is 3.05 bits per heavy atom. The van der Waals surface area contributed by atoms with Gasteiger partial charge in [0.05, 0.1) is 0 Å². The molecule has 1 aromatic rings. The number of nitrogens with one attached hydrogen (secondary N) is 2. The molecule has 2 heterocycles. The maximum atomic E-state index is 11.2. The van der Waals surface area contributed by atoms with Crippen molar-refractivity contribution in [3.63, 3.8) is 0 Å². The molecule has 0 radical (unpaired) electrons. The summed E-state index contributed by atoms with van der Waals surface area (Å²) in [4.78, 5) is 12.5. The Morgan fingerprint density at radius 2 is 2.26 bits per heavy atom. The van der Waals surface area contributed by atoms with Crippen LogP contribution in [0.25, 0.3) is 0 Å². The second-order valence-corrected chi connectivity index (χ2v) is 6.65. The summed E-state index contributed by atoms with van der Waals surface area (Å²) in [6.45, 7) is 0.734. The molecule has 3 rings (SSSR count). The first-order valence-electron chi connectivity index (χ1n) is 6.67. The van der Waals surface area contributed by atoms with Gasteiger partial charge in [-0.25, -0.2) is 0 Å². The summed E-state index contributed by atoms with van der Waals surface area (Å²) in [5.74, 6) is 1.30. The molecular weight excluding hydrogens is 280 g/mol. The van der Waals surface area contributed by atoms with E-state index in [0.717, 1.165) is 30.2 Å². The van der Waals surface area contributed by atoms with E-state index in [4.69, 9.17) is 11.6 Å². The van der Waals surface area contributed by atoms with Crippen LogP contribution in [0.2, 0.25) is 5.02 Å². The molecule has 0 saturated carbocycles. The van der Waals surface area contributed by atoms with Gasteiger partial charge in [-0.3, -0.25) is 4.79 Å². The first-order valence-corrected chi connectivity index (χ1v) is 8.04. The molecule has 102 valence electrons. The Labute approximate surface area is 122 Å². The van der Waals surface area contributed by atoms with Gasteiger partial charge < -0.3 is 10.6 Å². The molecule has 2 N–H and O–H groups in total. The number of carbonyl (C=O) groups excluding carboxylic acids is 1. The summed E-state index contributed by atoms with van der Waals surface area (Å²) in [5.41, 5.74) is 1.31. The monoisotopic (exact) mass is 296 g/mol. The second kappa shape index (κ2) is 5.73. The molecule has 1 saturated heterocycles. The first kappa shape index (κ1) is 13.3. The van der Waals surface area contributed by atoms with Gasteiger partial charge in [-0.05, 0) is 42.4 Å². The fourth-order valence-corrected chi connectivity index (χ4v) is 3.98. The minimum atomic E-state index is 0.167. The third kappa shape index (κ3) is 3.07. The molecule has 0 aromatic heterocycles. The van der Waals surface area contributed by atoms with Gasteiger partial charge >= 0.3 is 0 Å². The molecule has 1 fully saturated rings. The van der Waals surface area contributed by atoms with Gasteiger partial charge in [-0.2, -0.15) is 0 Å². The Balaban J connectivity index is 1.72. The summed E-state index contributed by atoms with van der Waals surface area (Å²) in [7, 11) is 0. The zero-order valence-electron chi connectivity index (χ0n) is 10.6. The SMILES string of the molecule is O=C1CCC(NC2CCSc3ccc(Cl)cc32)CN1. The third-order valence-electron chi connectivity index (χ3n) is 3.71. The zero-order valence-corrected chi connectivity index (χ0v) is 12.2. The van der Waals surface area contributed by atoms with Crippen LogP contribution in [0.4, 0.5) is 0 Å². The normalized spacial score (nSPS) is 26.7. The predicted octanol–water partition coefficient (Wildman–Crippen LogP) is 2.75. The molecule has 0 aliphatic carbocycles. The van der Waals surface area contributed by atoms with Crippen molar-refractivity contribution in [2.45, 2.75) is 36.2 Å². The molecule has 5 heteroatoms. The summed E-state index contributed by atoms with van der Waals surface area (Å²) in [5, 5.41) is 7.40. The van der Waals surface area contributed by atoms with Gasteiger partial charge in [0, 0.05) is 35.0 Å². The average Bonchev–Trinajstić information content (AvgIpc) is 2.42. The van der Waals surface area contributed by atoms with Crippen LogP contribution in [-0.2, 0) is 4.79 Å². The number of amides is 1. The van der Waals surface area contributed by atoms with Crippen LogP contribution in [0.15, 0.2) is 23.1 Å². The lowest BCUT2D eigenvalue weighted by molar-refractivity contribution is -0.122. The molecule has 3 nitrogen and oxygen atoms in total. The topological polar surface area (TPSA) is 41.1 Å². The zero-order chi connectivity index (χ0) is 13.2. The largest absolute Gasteiger partial charge is 0.355 e. The number of piperidine rings is 1. The number of benzene rings is 1. The molecule has 2 aliphatic heterocycles. The molecule has 1 amide bonds. The number of fused-ring (bicyclic) bond motifs is 1. The van der Waals surface area contributed by atoms with Gasteiger partial charge in [-0.15, -0.1) is 11.8 Å². The van der Waals surface area contributed by atoms with Gasteiger partial charge in [-0.1, -0.05) is 11.6 Å². The number of thioether (sulfide) groups is 1. The molecule has 2 unspecified atom stereocenters. The van der Waals surface area contributed by atoms with Gasteiger partial charge in [0.1, 0.15) is 0 Å². The van der Waals surface area contributed by atoms with E-state index in [1.165, 1.54) is 10.5 Å². The lowest BCUT2D eigenvalue weighted by Crippen LogP contribution is -2.47. The van der Waals surface area contributed by atoms with E-state index in [0.29, 0.717) is 18.5 Å². The van der Waals surface area contributed by atoms with E-state index < -0.39 is 0 Å². The van der Waals surface area contributed by atoms with E-state index in [1.807, 2.05) is 17.8 Å². The standard InChI is InChI=1S/C14H17ClN2OS/c15-9-1-3-13-11(7-9)12(5-6-19-13)17-10-2-4-14(18)16-8-10/h1,3,7,10,12,17H,2,4-6,8H2,(H,16,18). The van der Waals surface area contributed by atoms with Gasteiger partial charge in [0.2, 0.25) is 5.91 Å². The summed E-state index contributed by atoms with van der Waals surface area (Å²) in [6.07, 6.45) is 2.66. The quantitative estimate of drug-likeness (QED) is 0.882. The van der Waals surface area contributed by atoms with Crippen molar-refractivity contribution in [2.75, 3.05) is 12.3 Å². The Morgan fingerprint density at radius 1 is 1.37 bits per heavy atom.